The number of anilines is 1. The summed E-state index contributed by atoms with van der Waals surface area (Å²) in [6, 6.07) is 4.84. The van der Waals surface area contributed by atoms with Crippen LogP contribution in [0.15, 0.2) is 18.2 Å². The number of sulfonamides is 1. The average molecular weight is 384 g/mol. The lowest BCUT2D eigenvalue weighted by Crippen LogP contribution is -2.54. The van der Waals surface area contributed by atoms with Gasteiger partial charge >= 0.3 is 5.97 Å². The van der Waals surface area contributed by atoms with Gasteiger partial charge in [-0.05, 0) is 48.8 Å². The predicted octanol–water partition coefficient (Wildman–Crippen LogP) is 1.09. The highest BCUT2D eigenvalue weighted by Crippen LogP contribution is 2.31. The van der Waals surface area contributed by atoms with Gasteiger partial charge in [0.2, 0.25) is 10.0 Å². The number of nitrogens with zero attached hydrogens (tertiary/aromatic N) is 1. The predicted molar refractivity (Wildman–Crippen MR) is 96.7 cm³/mol. The molecule has 1 fully saturated rings. The number of carboxylic acids is 1. The molecule has 0 aromatic heterocycles. The molecular formula is C16H20N2O5S2. The number of aliphatic carboxylic acids is 1. The van der Waals surface area contributed by atoms with Gasteiger partial charge in [0.1, 0.15) is 5.54 Å². The highest BCUT2D eigenvalue weighted by atomic mass is 32.2. The second-order valence-corrected chi connectivity index (χ2v) is 9.44. The molecule has 0 aliphatic carbocycles. The first-order valence-electron chi connectivity index (χ1n) is 7.97. The minimum Gasteiger partial charge on any atom is -0.479 e. The van der Waals surface area contributed by atoms with Gasteiger partial charge in [-0.2, -0.15) is 11.8 Å². The summed E-state index contributed by atoms with van der Waals surface area (Å²) in [6.07, 6.45) is 2.92. The third-order valence-corrected chi connectivity index (χ3v) is 6.97. The summed E-state index contributed by atoms with van der Waals surface area (Å²) in [5.74, 6) is -0.419. The fourth-order valence-electron chi connectivity index (χ4n) is 3.22. The topological polar surface area (TPSA) is 104 Å². The zero-order chi connectivity index (χ0) is 18.2. The summed E-state index contributed by atoms with van der Waals surface area (Å²) < 4.78 is 25.1. The summed E-state index contributed by atoms with van der Waals surface area (Å²) in [5.41, 5.74) is 0.506. The highest BCUT2D eigenvalue weighted by molar-refractivity contribution is 7.99. The van der Waals surface area contributed by atoms with Gasteiger partial charge in [0, 0.05) is 17.9 Å². The molecule has 2 aliphatic rings. The maximum absolute atomic E-state index is 12.6. The van der Waals surface area contributed by atoms with Crippen LogP contribution in [0.1, 0.15) is 28.8 Å². The van der Waals surface area contributed by atoms with Crippen molar-refractivity contribution < 1.29 is 23.1 Å². The number of rotatable bonds is 4. The van der Waals surface area contributed by atoms with Gasteiger partial charge in [-0.1, -0.05) is 0 Å². The van der Waals surface area contributed by atoms with Gasteiger partial charge in [0.15, 0.2) is 0 Å². The van der Waals surface area contributed by atoms with E-state index in [4.69, 9.17) is 0 Å². The van der Waals surface area contributed by atoms with Crippen molar-refractivity contribution in [2.75, 3.05) is 28.6 Å². The molecule has 1 aromatic carbocycles. The van der Waals surface area contributed by atoms with E-state index in [9.17, 15) is 23.1 Å². The maximum atomic E-state index is 12.6. The van der Waals surface area contributed by atoms with Crippen molar-refractivity contribution in [1.82, 2.24) is 5.32 Å². The Morgan fingerprint density at radius 2 is 2.12 bits per heavy atom. The molecule has 2 aliphatic heterocycles. The number of benzene rings is 1. The van der Waals surface area contributed by atoms with Crippen LogP contribution in [0.25, 0.3) is 0 Å². The van der Waals surface area contributed by atoms with Crippen LogP contribution in [0.3, 0.4) is 0 Å². The number of carbonyl (C=O) groups is 2. The summed E-state index contributed by atoms with van der Waals surface area (Å²) in [5, 5.41) is 12.1. The van der Waals surface area contributed by atoms with Gasteiger partial charge in [-0.25, -0.2) is 13.2 Å². The Morgan fingerprint density at radius 1 is 1.36 bits per heavy atom. The first-order chi connectivity index (χ1) is 11.7. The molecule has 0 bridgehead atoms. The van der Waals surface area contributed by atoms with Crippen LogP contribution in [0, 0.1) is 0 Å². The van der Waals surface area contributed by atoms with E-state index in [1.165, 1.54) is 16.1 Å². The summed E-state index contributed by atoms with van der Waals surface area (Å²) in [4.78, 5) is 24.1. The van der Waals surface area contributed by atoms with Crippen molar-refractivity contribution in [3.05, 3.63) is 29.3 Å². The van der Waals surface area contributed by atoms with Crippen LogP contribution >= 0.6 is 11.8 Å². The van der Waals surface area contributed by atoms with Gasteiger partial charge < -0.3 is 10.4 Å². The van der Waals surface area contributed by atoms with Gasteiger partial charge in [0.25, 0.3) is 5.91 Å². The largest absolute Gasteiger partial charge is 0.479 e. The normalized spacial score (nSPS) is 23.2. The third kappa shape index (κ3) is 3.48. The Bertz CT molecular complexity index is 816. The Kier molecular flexibility index (Phi) is 4.72. The monoisotopic (exact) mass is 384 g/mol. The minimum atomic E-state index is -3.36. The Labute approximate surface area is 150 Å². The smallest absolute Gasteiger partial charge is 0.330 e. The number of carbonyl (C=O) groups excluding carboxylic acids is 1. The van der Waals surface area contributed by atoms with Crippen molar-refractivity contribution in [2.24, 2.45) is 0 Å². The number of carboxylic acid groups (broad SMARTS) is 1. The number of hydrogen-bond acceptors (Lipinski definition) is 5. The molecule has 2 N–H and O–H groups in total. The van der Waals surface area contributed by atoms with E-state index in [0.29, 0.717) is 48.6 Å². The molecule has 7 nitrogen and oxygen atoms in total. The second-order valence-electron chi connectivity index (χ2n) is 6.43. The number of hydrogen-bond donors (Lipinski definition) is 2. The Hall–Kier alpha value is -1.74. The first kappa shape index (κ1) is 18.1. The van der Waals surface area contributed by atoms with Crippen molar-refractivity contribution in [2.45, 2.75) is 24.8 Å². The van der Waals surface area contributed by atoms with E-state index in [-0.39, 0.29) is 0 Å². The van der Waals surface area contributed by atoms with Crippen LogP contribution in [0.2, 0.25) is 0 Å². The van der Waals surface area contributed by atoms with Crippen LogP contribution in [-0.4, -0.2) is 55.2 Å². The number of aryl methyl sites for hydroxylation is 1. The average Bonchev–Trinajstić information content (AvgIpc) is 3.02. The molecule has 25 heavy (non-hydrogen) atoms. The first-order valence-corrected chi connectivity index (χ1v) is 11.0. The Morgan fingerprint density at radius 3 is 2.72 bits per heavy atom. The summed E-state index contributed by atoms with van der Waals surface area (Å²) in [6.45, 7) is 0.427. The highest BCUT2D eigenvalue weighted by Gasteiger charge is 2.43. The molecule has 9 heteroatoms. The fraction of sp³-hybridized carbons (Fsp3) is 0.500. The third-order valence-electron chi connectivity index (χ3n) is 4.60. The second kappa shape index (κ2) is 6.53. The number of amides is 1. The fourth-order valence-corrected chi connectivity index (χ4v) is 5.55. The SMILES string of the molecule is CS(=O)(=O)N1CCCc2cc(C(=O)NC3(C(=O)O)CCSC3)ccc21. The van der Waals surface area contributed by atoms with E-state index in [1.54, 1.807) is 18.2 Å². The molecule has 1 atom stereocenters. The molecule has 1 saturated heterocycles. The van der Waals surface area contributed by atoms with Crippen LogP contribution < -0.4 is 9.62 Å². The van der Waals surface area contributed by atoms with Crippen molar-refractivity contribution in [3.63, 3.8) is 0 Å². The number of nitrogens with one attached hydrogen (secondary N) is 1. The van der Waals surface area contributed by atoms with E-state index < -0.39 is 27.4 Å². The minimum absolute atomic E-state index is 0.348. The van der Waals surface area contributed by atoms with Gasteiger partial charge in [-0.15, -0.1) is 0 Å². The number of fused-ring (bicyclic) bond motifs is 1. The zero-order valence-electron chi connectivity index (χ0n) is 13.8. The quantitative estimate of drug-likeness (QED) is 0.805. The van der Waals surface area contributed by atoms with Crippen molar-refractivity contribution in [1.29, 1.82) is 0 Å². The molecule has 0 spiro atoms. The molecule has 136 valence electrons. The van der Waals surface area contributed by atoms with Crippen LogP contribution in [0.5, 0.6) is 0 Å². The lowest BCUT2D eigenvalue weighted by Gasteiger charge is -2.30. The lowest BCUT2D eigenvalue weighted by atomic mass is 9.97. The van der Waals surface area contributed by atoms with Crippen molar-refractivity contribution >= 4 is 39.3 Å². The summed E-state index contributed by atoms with van der Waals surface area (Å²) in [7, 11) is -3.36. The van der Waals surface area contributed by atoms with E-state index in [0.717, 1.165) is 11.8 Å². The van der Waals surface area contributed by atoms with Crippen molar-refractivity contribution in [3.8, 4) is 0 Å². The van der Waals surface area contributed by atoms with Crippen LogP contribution in [0.4, 0.5) is 5.69 Å². The molecular weight excluding hydrogens is 364 g/mol. The molecule has 0 radical (unpaired) electrons. The van der Waals surface area contributed by atoms with Gasteiger partial charge in [-0.3, -0.25) is 9.10 Å². The molecule has 1 unspecified atom stereocenters. The van der Waals surface area contributed by atoms with E-state index in [1.807, 2.05) is 0 Å². The van der Waals surface area contributed by atoms with Gasteiger partial charge in [0.05, 0.1) is 11.9 Å². The molecule has 3 rings (SSSR count). The van der Waals surface area contributed by atoms with Crippen LogP contribution in [-0.2, 0) is 21.2 Å². The standard InChI is InChI=1S/C16H20N2O5S2/c1-25(22,23)18-7-2-3-11-9-12(4-5-13(11)18)14(19)17-16(15(20)21)6-8-24-10-16/h4-5,9H,2-3,6-8,10H2,1H3,(H,17,19)(H,20,21). The molecule has 1 amide bonds. The molecule has 0 saturated carbocycles. The number of thioether (sulfide) groups is 1. The Balaban J connectivity index is 1.87. The molecule has 1 aromatic rings. The zero-order valence-corrected chi connectivity index (χ0v) is 15.5. The molecule has 2 heterocycles. The van der Waals surface area contributed by atoms with E-state index in [2.05, 4.69) is 5.32 Å². The lowest BCUT2D eigenvalue weighted by molar-refractivity contribution is -0.143. The maximum Gasteiger partial charge on any atom is 0.330 e. The summed E-state index contributed by atoms with van der Waals surface area (Å²) >= 11 is 1.50. The van der Waals surface area contributed by atoms with E-state index >= 15 is 0 Å².